The van der Waals surface area contributed by atoms with E-state index in [1.807, 2.05) is 6.92 Å². The zero-order valence-electron chi connectivity index (χ0n) is 8.53. The molecule has 0 saturated carbocycles. The van der Waals surface area contributed by atoms with Crippen molar-refractivity contribution >= 4 is 0 Å². The van der Waals surface area contributed by atoms with Gasteiger partial charge in [-0.3, -0.25) is 0 Å². The molecule has 0 amide bonds. The van der Waals surface area contributed by atoms with Gasteiger partial charge in [-0.15, -0.1) is 0 Å². The van der Waals surface area contributed by atoms with Crippen LogP contribution in [0.1, 0.15) is 19.4 Å². The van der Waals surface area contributed by atoms with Gasteiger partial charge in [0.2, 0.25) is 0 Å². The summed E-state index contributed by atoms with van der Waals surface area (Å²) in [7, 11) is 0. The van der Waals surface area contributed by atoms with Gasteiger partial charge in [0, 0.05) is 0 Å². The van der Waals surface area contributed by atoms with Crippen LogP contribution in [0.25, 0.3) is 0 Å². The van der Waals surface area contributed by atoms with E-state index in [2.05, 4.69) is 0 Å². The zero-order valence-corrected chi connectivity index (χ0v) is 8.53. The van der Waals surface area contributed by atoms with Gasteiger partial charge < -0.3 is 14.9 Å². The molecular formula is C11H16O3. The van der Waals surface area contributed by atoms with Crippen LogP contribution in [-0.2, 0) is 6.42 Å². The molecule has 1 rings (SSSR count). The van der Waals surface area contributed by atoms with Gasteiger partial charge in [-0.05, 0) is 38.0 Å². The van der Waals surface area contributed by atoms with Crippen molar-refractivity contribution in [1.29, 1.82) is 0 Å². The fourth-order valence-electron chi connectivity index (χ4n) is 1.30. The first-order valence-electron chi connectivity index (χ1n) is 4.76. The molecule has 0 fully saturated rings. The predicted octanol–water partition coefficient (Wildman–Crippen LogP) is 1.71. The molecule has 1 aromatic rings. The number of hydrogen-bond acceptors (Lipinski definition) is 3. The van der Waals surface area contributed by atoms with E-state index in [1.54, 1.807) is 25.1 Å². The van der Waals surface area contributed by atoms with E-state index in [0.717, 1.165) is 5.56 Å². The number of phenolic OH excluding ortho intramolecular Hbond substituents is 1. The predicted molar refractivity (Wildman–Crippen MR) is 54.7 cm³/mol. The van der Waals surface area contributed by atoms with Gasteiger partial charge in [-0.25, -0.2) is 0 Å². The Kier molecular flexibility index (Phi) is 3.77. The maximum absolute atomic E-state index is 9.41. The first-order chi connectivity index (χ1) is 6.63. The summed E-state index contributed by atoms with van der Waals surface area (Å²) < 4.78 is 5.23. The minimum atomic E-state index is -0.381. The van der Waals surface area contributed by atoms with Crippen LogP contribution in [0.15, 0.2) is 18.2 Å². The number of benzene rings is 1. The molecular weight excluding hydrogens is 180 g/mol. The number of aliphatic hydroxyl groups is 1. The summed E-state index contributed by atoms with van der Waals surface area (Å²) in [4.78, 5) is 0. The molecule has 3 nitrogen and oxygen atoms in total. The van der Waals surface area contributed by atoms with Crippen molar-refractivity contribution in [3.8, 4) is 11.5 Å². The van der Waals surface area contributed by atoms with Crippen molar-refractivity contribution in [2.45, 2.75) is 26.4 Å². The maximum Gasteiger partial charge on any atom is 0.161 e. The van der Waals surface area contributed by atoms with Gasteiger partial charge in [0.25, 0.3) is 0 Å². The van der Waals surface area contributed by atoms with Crippen molar-refractivity contribution in [2.24, 2.45) is 0 Å². The van der Waals surface area contributed by atoms with E-state index in [1.165, 1.54) is 0 Å². The van der Waals surface area contributed by atoms with E-state index >= 15 is 0 Å². The zero-order chi connectivity index (χ0) is 10.6. The molecule has 0 bridgehead atoms. The number of ether oxygens (including phenoxy) is 1. The molecule has 2 N–H and O–H groups in total. The highest BCUT2D eigenvalue weighted by atomic mass is 16.5. The van der Waals surface area contributed by atoms with Crippen LogP contribution >= 0.6 is 0 Å². The van der Waals surface area contributed by atoms with Crippen LogP contribution in [0.5, 0.6) is 11.5 Å². The fraction of sp³-hybridized carbons (Fsp3) is 0.455. The average Bonchev–Trinajstić information content (AvgIpc) is 2.10. The molecule has 1 aromatic carbocycles. The summed E-state index contributed by atoms with van der Waals surface area (Å²) in [5.74, 6) is 0.617. The summed E-state index contributed by atoms with van der Waals surface area (Å²) in [5.41, 5.74) is 0.959. The molecule has 0 radical (unpaired) electrons. The van der Waals surface area contributed by atoms with Crippen molar-refractivity contribution in [2.75, 3.05) is 6.61 Å². The molecule has 78 valence electrons. The number of phenols is 1. The first-order valence-corrected chi connectivity index (χ1v) is 4.76. The minimum Gasteiger partial charge on any atom is -0.504 e. The highest BCUT2D eigenvalue weighted by Gasteiger charge is 2.05. The third kappa shape index (κ3) is 2.92. The van der Waals surface area contributed by atoms with E-state index in [0.29, 0.717) is 18.8 Å². The molecule has 1 atom stereocenters. The Morgan fingerprint density at radius 1 is 1.43 bits per heavy atom. The first kappa shape index (κ1) is 10.9. The topological polar surface area (TPSA) is 49.7 Å². The molecule has 0 aliphatic carbocycles. The smallest absolute Gasteiger partial charge is 0.161 e. The highest BCUT2D eigenvalue weighted by molar-refractivity contribution is 5.41. The molecule has 0 unspecified atom stereocenters. The fourth-order valence-corrected chi connectivity index (χ4v) is 1.30. The molecule has 0 spiro atoms. The highest BCUT2D eigenvalue weighted by Crippen LogP contribution is 2.27. The van der Waals surface area contributed by atoms with E-state index in [4.69, 9.17) is 4.74 Å². The summed E-state index contributed by atoms with van der Waals surface area (Å²) >= 11 is 0. The Morgan fingerprint density at radius 2 is 2.14 bits per heavy atom. The van der Waals surface area contributed by atoms with Crippen molar-refractivity contribution in [3.63, 3.8) is 0 Å². The van der Waals surface area contributed by atoms with Gasteiger partial charge >= 0.3 is 0 Å². The van der Waals surface area contributed by atoms with Crippen LogP contribution in [0.4, 0.5) is 0 Å². The molecule has 0 aromatic heterocycles. The second kappa shape index (κ2) is 4.86. The van der Waals surface area contributed by atoms with E-state index < -0.39 is 0 Å². The summed E-state index contributed by atoms with van der Waals surface area (Å²) in [6.07, 6.45) is 0.189. The Balaban J connectivity index is 2.83. The summed E-state index contributed by atoms with van der Waals surface area (Å²) in [6.45, 7) is 4.11. The lowest BCUT2D eigenvalue weighted by atomic mass is 10.1. The third-order valence-electron chi connectivity index (χ3n) is 1.86. The van der Waals surface area contributed by atoms with Crippen molar-refractivity contribution < 1.29 is 14.9 Å². The number of aromatic hydroxyl groups is 1. The second-order valence-corrected chi connectivity index (χ2v) is 3.29. The Bertz CT molecular complexity index is 295. The van der Waals surface area contributed by atoms with Crippen molar-refractivity contribution in [1.82, 2.24) is 0 Å². The molecule has 0 aliphatic heterocycles. The van der Waals surface area contributed by atoms with Crippen LogP contribution < -0.4 is 4.74 Å². The maximum atomic E-state index is 9.41. The standard InChI is InChI=1S/C11H16O3/c1-3-14-11-7-9(6-8(2)12)4-5-10(11)13/h4-5,7-8,12-13H,3,6H2,1-2H3/t8-/m0/s1. The van der Waals surface area contributed by atoms with Crippen LogP contribution in [-0.4, -0.2) is 22.9 Å². The van der Waals surface area contributed by atoms with E-state index in [-0.39, 0.29) is 11.9 Å². The quantitative estimate of drug-likeness (QED) is 0.770. The Morgan fingerprint density at radius 3 is 2.71 bits per heavy atom. The molecule has 0 aliphatic rings. The van der Waals surface area contributed by atoms with E-state index in [9.17, 15) is 10.2 Å². The van der Waals surface area contributed by atoms with Gasteiger partial charge in [0.15, 0.2) is 11.5 Å². The molecule has 0 heterocycles. The van der Waals surface area contributed by atoms with Gasteiger partial charge in [-0.1, -0.05) is 6.07 Å². The van der Waals surface area contributed by atoms with Crippen LogP contribution in [0, 0.1) is 0 Å². The molecule has 14 heavy (non-hydrogen) atoms. The lowest BCUT2D eigenvalue weighted by molar-refractivity contribution is 0.195. The SMILES string of the molecule is CCOc1cc(C[C@H](C)O)ccc1O. The summed E-state index contributed by atoms with van der Waals surface area (Å²) in [6, 6.07) is 5.12. The van der Waals surface area contributed by atoms with Gasteiger partial charge in [-0.2, -0.15) is 0 Å². The minimum absolute atomic E-state index is 0.140. The lowest BCUT2D eigenvalue weighted by Gasteiger charge is -2.09. The normalized spacial score (nSPS) is 12.5. The number of aliphatic hydroxyl groups excluding tert-OH is 1. The van der Waals surface area contributed by atoms with Crippen molar-refractivity contribution in [3.05, 3.63) is 23.8 Å². The van der Waals surface area contributed by atoms with Crippen LogP contribution in [0.2, 0.25) is 0 Å². The number of hydrogen-bond donors (Lipinski definition) is 2. The third-order valence-corrected chi connectivity index (χ3v) is 1.86. The average molecular weight is 196 g/mol. The molecule has 0 saturated heterocycles. The van der Waals surface area contributed by atoms with Gasteiger partial charge in [0.1, 0.15) is 0 Å². The van der Waals surface area contributed by atoms with Crippen LogP contribution in [0.3, 0.4) is 0 Å². The monoisotopic (exact) mass is 196 g/mol. The summed E-state index contributed by atoms with van der Waals surface area (Å²) in [5, 5.41) is 18.6. The largest absolute Gasteiger partial charge is 0.504 e. The second-order valence-electron chi connectivity index (χ2n) is 3.29. The van der Waals surface area contributed by atoms with Gasteiger partial charge in [0.05, 0.1) is 12.7 Å². The lowest BCUT2D eigenvalue weighted by Crippen LogP contribution is -2.04. The number of rotatable bonds is 4. The molecule has 3 heteroatoms. The Labute approximate surface area is 84.0 Å². The Hall–Kier alpha value is -1.22.